The summed E-state index contributed by atoms with van der Waals surface area (Å²) >= 11 is 0. The fourth-order valence-corrected chi connectivity index (χ4v) is 5.49. The Morgan fingerprint density at radius 3 is 1.68 bits per heavy atom. The zero-order valence-electron chi connectivity index (χ0n) is 33.9. The summed E-state index contributed by atoms with van der Waals surface area (Å²) in [6.45, 7) is 2.51. The highest BCUT2D eigenvalue weighted by Crippen LogP contribution is 2.43. The Labute approximate surface area is 336 Å². The zero-order chi connectivity index (χ0) is 41.4. The van der Waals surface area contributed by atoms with E-state index in [1.54, 1.807) is 0 Å². The van der Waals surface area contributed by atoms with E-state index in [9.17, 15) is 23.8 Å². The number of phosphoric ester groups is 1. The SMILES string of the molecule is CC/C=C/C=C/C=C/C=C/CCCCCCCC(=O)OC[C@H](COP(=O)(O)OC[C@H](N)C(=O)O)OC(=O)CCCCC/C=C/C/C=C/C/C=C/C/C=C/CCC. The lowest BCUT2D eigenvalue weighted by atomic mass is 10.1. The van der Waals surface area contributed by atoms with Crippen LogP contribution in [-0.2, 0) is 37.5 Å². The van der Waals surface area contributed by atoms with Gasteiger partial charge in [0.2, 0.25) is 0 Å². The number of carboxylic acids is 1. The second kappa shape index (κ2) is 38.3. The largest absolute Gasteiger partial charge is 0.480 e. The van der Waals surface area contributed by atoms with Crippen LogP contribution in [0.4, 0.5) is 0 Å². The second-order valence-corrected chi connectivity index (χ2v) is 14.6. The Kier molecular flexibility index (Phi) is 35.8. The van der Waals surface area contributed by atoms with Gasteiger partial charge in [0.1, 0.15) is 12.6 Å². The van der Waals surface area contributed by atoms with Crippen molar-refractivity contribution >= 4 is 25.7 Å². The molecule has 0 aromatic heterocycles. The normalized spacial score (nSPS) is 14.8. The number of hydrogen-bond donors (Lipinski definition) is 3. The third kappa shape index (κ3) is 37.3. The van der Waals surface area contributed by atoms with Crippen LogP contribution in [0.1, 0.15) is 129 Å². The van der Waals surface area contributed by atoms with E-state index in [2.05, 4.69) is 79.1 Å². The molecule has 12 heteroatoms. The highest BCUT2D eigenvalue weighted by molar-refractivity contribution is 7.47. The molecule has 1 unspecified atom stereocenters. The maximum atomic E-state index is 12.6. The maximum Gasteiger partial charge on any atom is 0.472 e. The number of hydrogen-bond acceptors (Lipinski definition) is 9. The van der Waals surface area contributed by atoms with Gasteiger partial charge >= 0.3 is 25.7 Å². The number of carbonyl (C=O) groups is 3. The molecular weight excluding hydrogens is 733 g/mol. The van der Waals surface area contributed by atoms with E-state index in [0.29, 0.717) is 12.8 Å². The molecule has 0 saturated carbocycles. The van der Waals surface area contributed by atoms with Crippen LogP contribution in [0.5, 0.6) is 0 Å². The van der Waals surface area contributed by atoms with E-state index in [4.69, 9.17) is 24.8 Å². The van der Waals surface area contributed by atoms with Gasteiger partial charge < -0.3 is 25.2 Å². The first-order chi connectivity index (χ1) is 27.1. The Bertz CT molecular complexity index is 1310. The Hall–Kier alpha value is -3.60. The standard InChI is InChI=1S/C44H70NO10P/c1-3-5-7-9-11-13-15-17-19-20-22-24-26-28-30-32-34-36-43(47)55-40(38-53-56(50,51)54-39-41(45)44(48)49)37-52-42(46)35-33-31-29-27-25-23-21-18-16-14-12-10-8-6-4-2/h6-10,12-16,18-21,24,26,40-41H,3-5,11,17,22-23,25,27-39,45H2,1-2H3,(H,48,49)(H,50,51)/b8-6+,9-7+,12-10+,15-13+,16-14+,20-19+,21-18+,26-24+/t40-,41+/m1/s1. The van der Waals surface area contributed by atoms with E-state index in [-0.39, 0.29) is 19.4 Å². The van der Waals surface area contributed by atoms with Crippen molar-refractivity contribution in [1.29, 1.82) is 0 Å². The summed E-state index contributed by atoms with van der Waals surface area (Å²) in [7, 11) is -4.74. The molecule has 0 bridgehead atoms. The van der Waals surface area contributed by atoms with Crippen molar-refractivity contribution in [2.45, 2.75) is 142 Å². The summed E-state index contributed by atoms with van der Waals surface area (Å²) in [5.41, 5.74) is 5.32. The minimum absolute atomic E-state index is 0.111. The van der Waals surface area contributed by atoms with Gasteiger partial charge in [0, 0.05) is 12.8 Å². The first-order valence-electron chi connectivity index (χ1n) is 20.3. The molecular formula is C44H70NO10P. The number of phosphoric acid groups is 1. The number of nitrogens with two attached hydrogens (primary N) is 1. The number of aliphatic carboxylic acids is 1. The first-order valence-corrected chi connectivity index (χ1v) is 21.8. The van der Waals surface area contributed by atoms with Crippen LogP contribution in [0, 0.1) is 0 Å². The predicted molar refractivity (Wildman–Crippen MR) is 226 cm³/mol. The van der Waals surface area contributed by atoms with Crippen LogP contribution in [0.2, 0.25) is 0 Å². The molecule has 3 atom stereocenters. The van der Waals surface area contributed by atoms with Gasteiger partial charge in [-0.05, 0) is 70.6 Å². The molecule has 0 rings (SSSR count). The molecule has 0 saturated heterocycles. The van der Waals surface area contributed by atoms with Crippen LogP contribution in [0.25, 0.3) is 0 Å². The number of esters is 2. The minimum atomic E-state index is -4.74. The smallest absolute Gasteiger partial charge is 0.472 e. The van der Waals surface area contributed by atoms with Crippen LogP contribution in [-0.4, -0.2) is 59.9 Å². The van der Waals surface area contributed by atoms with Crippen molar-refractivity contribution in [2.75, 3.05) is 19.8 Å². The predicted octanol–water partition coefficient (Wildman–Crippen LogP) is 10.5. The van der Waals surface area contributed by atoms with Crippen LogP contribution < -0.4 is 5.73 Å². The van der Waals surface area contributed by atoms with Gasteiger partial charge in [0.05, 0.1) is 13.2 Å². The van der Waals surface area contributed by atoms with Crippen molar-refractivity contribution in [3.05, 3.63) is 97.2 Å². The zero-order valence-corrected chi connectivity index (χ0v) is 34.8. The number of ether oxygens (including phenoxy) is 2. The van der Waals surface area contributed by atoms with E-state index in [0.717, 1.165) is 83.5 Å². The first kappa shape index (κ1) is 52.4. The van der Waals surface area contributed by atoms with Crippen molar-refractivity contribution < 1.29 is 47.5 Å². The summed E-state index contributed by atoms with van der Waals surface area (Å²) in [5.74, 6) is -2.47. The third-order valence-corrected chi connectivity index (χ3v) is 8.84. The maximum absolute atomic E-state index is 12.6. The Morgan fingerprint density at radius 2 is 1.07 bits per heavy atom. The van der Waals surface area contributed by atoms with Crippen molar-refractivity contribution in [2.24, 2.45) is 5.73 Å². The molecule has 0 aliphatic heterocycles. The van der Waals surface area contributed by atoms with Crippen LogP contribution in [0.15, 0.2) is 97.2 Å². The molecule has 56 heavy (non-hydrogen) atoms. The van der Waals surface area contributed by atoms with Crippen molar-refractivity contribution in [3.63, 3.8) is 0 Å². The molecule has 0 aromatic carbocycles. The van der Waals surface area contributed by atoms with Gasteiger partial charge in [-0.15, -0.1) is 0 Å². The number of rotatable bonds is 36. The van der Waals surface area contributed by atoms with Crippen molar-refractivity contribution in [1.82, 2.24) is 0 Å². The molecule has 316 valence electrons. The number of unbranched alkanes of at least 4 members (excludes halogenated alkanes) is 9. The second-order valence-electron chi connectivity index (χ2n) is 13.1. The lowest BCUT2D eigenvalue weighted by molar-refractivity contribution is -0.161. The van der Waals surface area contributed by atoms with Gasteiger partial charge in [0.25, 0.3) is 0 Å². The van der Waals surface area contributed by atoms with E-state index >= 15 is 0 Å². The fourth-order valence-electron chi connectivity index (χ4n) is 4.71. The number of carboxylic acid groups (broad SMARTS) is 1. The lowest BCUT2D eigenvalue weighted by Crippen LogP contribution is -2.34. The third-order valence-electron chi connectivity index (χ3n) is 7.89. The number of allylic oxidation sites excluding steroid dienone is 16. The van der Waals surface area contributed by atoms with E-state index in [1.165, 1.54) is 6.42 Å². The summed E-state index contributed by atoms with van der Waals surface area (Å²) in [6, 6.07) is -1.54. The van der Waals surface area contributed by atoms with Gasteiger partial charge in [-0.3, -0.25) is 23.4 Å². The van der Waals surface area contributed by atoms with Gasteiger partial charge in [-0.25, -0.2) is 4.57 Å². The van der Waals surface area contributed by atoms with Crippen LogP contribution >= 0.6 is 7.82 Å². The number of carbonyl (C=O) groups excluding carboxylic acids is 2. The molecule has 0 aliphatic carbocycles. The molecule has 0 spiro atoms. The summed E-state index contributed by atoms with van der Waals surface area (Å²) in [5, 5.41) is 8.88. The average Bonchev–Trinajstić information content (AvgIpc) is 3.17. The van der Waals surface area contributed by atoms with Gasteiger partial charge in [0.15, 0.2) is 6.10 Å². The van der Waals surface area contributed by atoms with E-state index < -0.39 is 51.1 Å². The fraction of sp³-hybridized carbons (Fsp3) is 0.568. The molecule has 0 fully saturated rings. The molecule has 0 aromatic rings. The molecule has 0 aliphatic rings. The highest BCUT2D eigenvalue weighted by atomic mass is 31.2. The minimum Gasteiger partial charge on any atom is -0.480 e. The summed E-state index contributed by atoms with van der Waals surface area (Å²) < 4.78 is 32.6. The summed E-state index contributed by atoms with van der Waals surface area (Å²) in [6.07, 6.45) is 47.6. The highest BCUT2D eigenvalue weighted by Gasteiger charge is 2.28. The van der Waals surface area contributed by atoms with Crippen LogP contribution in [0.3, 0.4) is 0 Å². The van der Waals surface area contributed by atoms with E-state index in [1.807, 2.05) is 36.5 Å². The molecule has 4 N–H and O–H groups in total. The Morgan fingerprint density at radius 1 is 0.589 bits per heavy atom. The lowest BCUT2D eigenvalue weighted by Gasteiger charge is -2.20. The average molecular weight is 804 g/mol. The quantitative estimate of drug-likeness (QED) is 0.0181. The van der Waals surface area contributed by atoms with Crippen molar-refractivity contribution in [3.8, 4) is 0 Å². The topological polar surface area (TPSA) is 172 Å². The summed E-state index contributed by atoms with van der Waals surface area (Å²) in [4.78, 5) is 45.9. The monoisotopic (exact) mass is 803 g/mol. The van der Waals surface area contributed by atoms with Gasteiger partial charge in [-0.2, -0.15) is 0 Å². The molecule has 11 nitrogen and oxygen atoms in total. The Balaban J connectivity index is 4.54. The molecule has 0 heterocycles. The van der Waals surface area contributed by atoms with Gasteiger partial charge in [-0.1, -0.05) is 143 Å². The molecule has 0 radical (unpaired) electrons. The molecule has 0 amide bonds.